The summed E-state index contributed by atoms with van der Waals surface area (Å²) in [4.78, 5) is 23.7. The molecule has 2 atom stereocenters. The number of fused-ring (bicyclic) bond motifs is 1. The Labute approximate surface area is 157 Å². The number of hydrogen-bond acceptors (Lipinski definition) is 5. The SMILES string of the molecule is Cn1cnc(C(=O)N2C[C@H]3CCC[C@@]3(c3noc(-c4ccccc4)n3)C2)c1. The van der Waals surface area contributed by atoms with E-state index in [4.69, 9.17) is 9.51 Å². The molecule has 0 radical (unpaired) electrons. The van der Waals surface area contributed by atoms with Crippen molar-refractivity contribution < 1.29 is 9.32 Å². The average Bonchev–Trinajstić information content (AvgIpc) is 3.44. The van der Waals surface area contributed by atoms with Crippen LogP contribution in [-0.4, -0.2) is 43.6 Å². The van der Waals surface area contributed by atoms with Gasteiger partial charge in [0.05, 0.1) is 11.7 Å². The Morgan fingerprint density at radius 3 is 2.93 bits per heavy atom. The van der Waals surface area contributed by atoms with Gasteiger partial charge in [-0.05, 0) is 30.9 Å². The van der Waals surface area contributed by atoms with Crippen LogP contribution >= 0.6 is 0 Å². The normalized spacial score (nSPS) is 24.3. The maximum atomic E-state index is 12.9. The molecule has 2 aromatic heterocycles. The highest BCUT2D eigenvalue weighted by atomic mass is 16.5. The van der Waals surface area contributed by atoms with Gasteiger partial charge in [0.1, 0.15) is 5.69 Å². The summed E-state index contributed by atoms with van der Waals surface area (Å²) < 4.78 is 7.37. The summed E-state index contributed by atoms with van der Waals surface area (Å²) >= 11 is 0. The first-order valence-electron chi connectivity index (χ1n) is 9.32. The smallest absolute Gasteiger partial charge is 0.274 e. The molecule has 138 valence electrons. The maximum absolute atomic E-state index is 12.9. The maximum Gasteiger partial charge on any atom is 0.274 e. The first-order chi connectivity index (χ1) is 13.2. The van der Waals surface area contributed by atoms with Crippen molar-refractivity contribution in [1.82, 2.24) is 24.6 Å². The molecule has 5 rings (SSSR count). The third-order valence-corrected chi connectivity index (χ3v) is 5.97. The summed E-state index contributed by atoms with van der Waals surface area (Å²) in [7, 11) is 1.87. The number of hydrogen-bond donors (Lipinski definition) is 0. The fourth-order valence-electron chi connectivity index (χ4n) is 4.62. The first-order valence-corrected chi connectivity index (χ1v) is 9.32. The van der Waals surface area contributed by atoms with Crippen LogP contribution in [0, 0.1) is 5.92 Å². The summed E-state index contributed by atoms with van der Waals surface area (Å²) in [5, 5.41) is 4.33. The third kappa shape index (κ3) is 2.57. The Morgan fingerprint density at radius 2 is 2.15 bits per heavy atom. The van der Waals surface area contributed by atoms with Gasteiger partial charge in [-0.15, -0.1) is 0 Å². The fourth-order valence-corrected chi connectivity index (χ4v) is 4.62. The topological polar surface area (TPSA) is 77.0 Å². The number of carbonyl (C=O) groups excluding carboxylic acids is 1. The zero-order valence-electron chi connectivity index (χ0n) is 15.2. The number of carbonyl (C=O) groups is 1. The Hall–Kier alpha value is -2.96. The average molecular weight is 363 g/mol. The number of likely N-dealkylation sites (tertiary alicyclic amines) is 1. The van der Waals surface area contributed by atoms with Crippen LogP contribution in [0.3, 0.4) is 0 Å². The highest BCUT2D eigenvalue weighted by Gasteiger charge is 2.54. The van der Waals surface area contributed by atoms with Gasteiger partial charge in [-0.2, -0.15) is 4.98 Å². The molecule has 3 aromatic rings. The van der Waals surface area contributed by atoms with Gasteiger partial charge in [0.25, 0.3) is 11.8 Å². The zero-order chi connectivity index (χ0) is 18.4. The van der Waals surface area contributed by atoms with Gasteiger partial charge in [0, 0.05) is 31.9 Å². The second-order valence-electron chi connectivity index (χ2n) is 7.64. The van der Waals surface area contributed by atoms with E-state index < -0.39 is 0 Å². The minimum absolute atomic E-state index is 0.0175. The van der Waals surface area contributed by atoms with Gasteiger partial charge in [-0.1, -0.05) is 29.8 Å². The van der Waals surface area contributed by atoms with E-state index in [0.29, 0.717) is 24.0 Å². The Balaban J connectivity index is 1.45. The summed E-state index contributed by atoms with van der Waals surface area (Å²) in [5.41, 5.74) is 1.20. The second kappa shape index (κ2) is 6.04. The molecule has 1 saturated carbocycles. The van der Waals surface area contributed by atoms with E-state index in [1.54, 1.807) is 17.1 Å². The molecule has 0 unspecified atom stereocenters. The number of rotatable bonds is 3. The minimum atomic E-state index is -0.207. The number of aryl methyl sites for hydroxylation is 1. The minimum Gasteiger partial charge on any atom is -0.340 e. The van der Waals surface area contributed by atoms with Gasteiger partial charge in [-0.25, -0.2) is 4.98 Å². The van der Waals surface area contributed by atoms with Crippen molar-refractivity contribution in [3.63, 3.8) is 0 Å². The van der Waals surface area contributed by atoms with Crippen molar-refractivity contribution in [2.45, 2.75) is 24.7 Å². The number of aromatic nitrogens is 4. The molecule has 1 saturated heterocycles. The first kappa shape index (κ1) is 16.2. The third-order valence-electron chi connectivity index (χ3n) is 5.97. The van der Waals surface area contributed by atoms with E-state index in [9.17, 15) is 4.79 Å². The van der Waals surface area contributed by atoms with Crippen LogP contribution in [-0.2, 0) is 12.5 Å². The quantitative estimate of drug-likeness (QED) is 0.715. The lowest BCUT2D eigenvalue weighted by molar-refractivity contribution is 0.0771. The van der Waals surface area contributed by atoms with Gasteiger partial charge in [-0.3, -0.25) is 4.79 Å². The molecule has 2 fully saturated rings. The highest BCUT2D eigenvalue weighted by Crippen LogP contribution is 2.50. The van der Waals surface area contributed by atoms with Crippen molar-refractivity contribution in [2.24, 2.45) is 13.0 Å². The molecular formula is C20H21N5O2. The summed E-state index contributed by atoms with van der Waals surface area (Å²) in [6, 6.07) is 9.81. The van der Waals surface area contributed by atoms with Crippen molar-refractivity contribution in [1.29, 1.82) is 0 Å². The Kier molecular flexibility index (Phi) is 3.63. The van der Waals surface area contributed by atoms with Crippen LogP contribution < -0.4 is 0 Å². The lowest BCUT2D eigenvalue weighted by Crippen LogP contribution is -2.35. The van der Waals surface area contributed by atoms with E-state index >= 15 is 0 Å². The molecule has 1 aliphatic carbocycles. The monoisotopic (exact) mass is 363 g/mol. The Morgan fingerprint density at radius 1 is 1.30 bits per heavy atom. The van der Waals surface area contributed by atoms with E-state index in [1.165, 1.54) is 0 Å². The standard InChI is InChI=1S/C20H21N5O2/c1-24-11-16(21-13-24)18(26)25-10-15-8-5-9-20(15,12-25)19-22-17(27-23-19)14-6-3-2-4-7-14/h2-4,6-7,11,13,15H,5,8-10,12H2,1H3/t15-,20-/m1/s1. The molecule has 0 spiro atoms. The van der Waals surface area contributed by atoms with Crippen LogP contribution in [0.4, 0.5) is 0 Å². The van der Waals surface area contributed by atoms with Gasteiger partial charge < -0.3 is 14.0 Å². The zero-order valence-corrected chi connectivity index (χ0v) is 15.2. The van der Waals surface area contributed by atoms with Crippen LogP contribution in [0.5, 0.6) is 0 Å². The number of amides is 1. The molecule has 0 bridgehead atoms. The van der Waals surface area contributed by atoms with Crippen LogP contribution in [0.1, 0.15) is 35.6 Å². The lowest BCUT2D eigenvalue weighted by atomic mass is 9.80. The Bertz CT molecular complexity index is 979. The van der Waals surface area contributed by atoms with E-state index in [2.05, 4.69) is 10.1 Å². The van der Waals surface area contributed by atoms with Crippen molar-refractivity contribution >= 4 is 5.91 Å². The van der Waals surface area contributed by atoms with Crippen molar-refractivity contribution in [2.75, 3.05) is 13.1 Å². The highest BCUT2D eigenvalue weighted by molar-refractivity contribution is 5.92. The molecule has 7 nitrogen and oxygen atoms in total. The summed E-state index contributed by atoms with van der Waals surface area (Å²) in [6.45, 7) is 1.35. The number of benzene rings is 1. The lowest BCUT2D eigenvalue weighted by Gasteiger charge is -2.24. The molecule has 0 N–H and O–H groups in total. The van der Waals surface area contributed by atoms with Crippen LogP contribution in [0.25, 0.3) is 11.5 Å². The largest absolute Gasteiger partial charge is 0.340 e. The van der Waals surface area contributed by atoms with Gasteiger partial charge >= 0.3 is 0 Å². The van der Waals surface area contributed by atoms with E-state index in [-0.39, 0.29) is 11.3 Å². The van der Waals surface area contributed by atoms with Crippen LogP contribution in [0.15, 0.2) is 47.4 Å². The molecule has 1 aromatic carbocycles. The van der Waals surface area contributed by atoms with Gasteiger partial charge in [0.15, 0.2) is 5.82 Å². The molecule has 3 heterocycles. The predicted molar refractivity (Wildman–Crippen MR) is 97.9 cm³/mol. The predicted octanol–water partition coefficient (Wildman–Crippen LogP) is 2.66. The fraction of sp³-hybridized carbons (Fsp3) is 0.400. The molecule has 7 heteroatoms. The number of nitrogens with zero attached hydrogens (tertiary/aromatic N) is 5. The molecular weight excluding hydrogens is 342 g/mol. The van der Waals surface area contributed by atoms with Gasteiger partial charge in [0.2, 0.25) is 0 Å². The van der Waals surface area contributed by atoms with E-state index in [1.807, 2.05) is 42.3 Å². The molecule has 27 heavy (non-hydrogen) atoms. The number of imidazole rings is 1. The van der Waals surface area contributed by atoms with E-state index in [0.717, 1.165) is 37.2 Å². The molecule has 2 aliphatic rings. The van der Waals surface area contributed by atoms with Crippen molar-refractivity contribution in [3.8, 4) is 11.5 Å². The summed E-state index contributed by atoms with van der Waals surface area (Å²) in [5.74, 6) is 1.63. The molecule has 1 aliphatic heterocycles. The molecule has 1 amide bonds. The summed E-state index contributed by atoms with van der Waals surface area (Å²) in [6.07, 6.45) is 6.63. The second-order valence-corrected chi connectivity index (χ2v) is 7.64. The van der Waals surface area contributed by atoms with Crippen molar-refractivity contribution in [3.05, 3.63) is 54.4 Å². The van der Waals surface area contributed by atoms with Crippen LogP contribution in [0.2, 0.25) is 0 Å².